The van der Waals surface area contributed by atoms with Crippen LogP contribution in [0.15, 0.2) is 24.4 Å². The third-order valence-corrected chi connectivity index (χ3v) is 8.14. The summed E-state index contributed by atoms with van der Waals surface area (Å²) in [7, 11) is 1.53. The minimum Gasteiger partial charge on any atom is -0.497 e. The van der Waals surface area contributed by atoms with Gasteiger partial charge in [-0.1, -0.05) is 32.1 Å². The highest BCUT2D eigenvalue weighted by Crippen LogP contribution is 2.41. The standard InChI is InChI=1S/C27H38F2N2O2/c1-33-21-7-8-25-22(17-21)26(24(29)18-30-25)23(28)9-11-27(19-32)12-15-31(16-13-27)14-10-20-5-3-2-4-6-20/h7-8,17-18,20,23,32H,2-6,9-16,19H2,1H3/t23-/m0/s1. The summed E-state index contributed by atoms with van der Waals surface area (Å²) in [5, 5.41) is 10.7. The molecule has 0 amide bonds. The number of alkyl halides is 1. The van der Waals surface area contributed by atoms with Gasteiger partial charge in [-0.2, -0.15) is 0 Å². The van der Waals surface area contributed by atoms with Crippen molar-refractivity contribution in [1.29, 1.82) is 0 Å². The van der Waals surface area contributed by atoms with E-state index in [-0.39, 0.29) is 24.0 Å². The van der Waals surface area contributed by atoms with Crippen molar-refractivity contribution in [3.05, 3.63) is 35.8 Å². The second-order valence-electron chi connectivity index (χ2n) is 10.2. The Bertz CT molecular complexity index is 908. The lowest BCUT2D eigenvalue weighted by atomic mass is 9.74. The van der Waals surface area contributed by atoms with E-state index in [1.807, 2.05) is 0 Å². The highest BCUT2D eigenvalue weighted by atomic mass is 19.1. The van der Waals surface area contributed by atoms with Crippen LogP contribution in [-0.2, 0) is 0 Å². The number of methoxy groups -OCH3 is 1. The van der Waals surface area contributed by atoms with E-state index in [2.05, 4.69) is 9.88 Å². The normalized spacial score (nSPS) is 20.7. The van der Waals surface area contributed by atoms with Gasteiger partial charge in [-0.15, -0.1) is 0 Å². The summed E-state index contributed by atoms with van der Waals surface area (Å²) in [5.41, 5.74) is 0.331. The molecule has 2 aliphatic rings. The molecule has 0 spiro atoms. The second-order valence-corrected chi connectivity index (χ2v) is 10.2. The van der Waals surface area contributed by atoms with Crippen LogP contribution in [0.1, 0.15) is 75.9 Å². The third-order valence-electron chi connectivity index (χ3n) is 8.14. The number of fused-ring (bicyclic) bond motifs is 1. The lowest BCUT2D eigenvalue weighted by Crippen LogP contribution is -2.42. The molecule has 4 rings (SSSR count). The summed E-state index contributed by atoms with van der Waals surface area (Å²) < 4.78 is 35.3. The molecule has 0 unspecified atom stereocenters. The Morgan fingerprint density at radius 2 is 1.97 bits per heavy atom. The van der Waals surface area contributed by atoms with Crippen LogP contribution in [0.4, 0.5) is 8.78 Å². The van der Waals surface area contributed by atoms with Crippen LogP contribution in [0.25, 0.3) is 10.9 Å². The molecular formula is C27H38F2N2O2. The number of likely N-dealkylation sites (tertiary alicyclic amines) is 1. The fraction of sp³-hybridized carbons (Fsp3) is 0.667. The number of hydrogen-bond donors (Lipinski definition) is 1. The molecule has 0 bridgehead atoms. The first kappa shape index (κ1) is 24.3. The quantitative estimate of drug-likeness (QED) is 0.483. The molecule has 1 saturated heterocycles. The first-order chi connectivity index (χ1) is 16.0. The molecule has 182 valence electrons. The molecule has 33 heavy (non-hydrogen) atoms. The molecule has 2 aromatic rings. The lowest BCUT2D eigenvalue weighted by Gasteiger charge is -2.41. The highest BCUT2D eigenvalue weighted by Gasteiger charge is 2.35. The predicted octanol–water partition coefficient (Wildman–Crippen LogP) is 6.22. The summed E-state index contributed by atoms with van der Waals surface area (Å²) in [6, 6.07) is 5.12. The van der Waals surface area contributed by atoms with Crippen molar-refractivity contribution in [2.45, 2.75) is 70.4 Å². The fourth-order valence-corrected chi connectivity index (χ4v) is 5.77. The van der Waals surface area contributed by atoms with Crippen molar-refractivity contribution in [2.75, 3.05) is 33.4 Å². The van der Waals surface area contributed by atoms with Crippen LogP contribution >= 0.6 is 0 Å². The number of nitrogens with zero attached hydrogens (tertiary/aromatic N) is 2. The van der Waals surface area contributed by atoms with Gasteiger partial charge in [0.25, 0.3) is 0 Å². The molecule has 1 aromatic heterocycles. The lowest BCUT2D eigenvalue weighted by molar-refractivity contribution is 0.0280. The molecule has 6 heteroatoms. The Hall–Kier alpha value is -1.79. The van der Waals surface area contributed by atoms with E-state index in [4.69, 9.17) is 4.74 Å². The van der Waals surface area contributed by atoms with Crippen LogP contribution < -0.4 is 4.74 Å². The molecule has 1 aromatic carbocycles. The summed E-state index contributed by atoms with van der Waals surface area (Å²) in [6.45, 7) is 3.10. The minimum atomic E-state index is -1.45. The van der Waals surface area contributed by atoms with Crippen molar-refractivity contribution >= 4 is 10.9 Å². The van der Waals surface area contributed by atoms with E-state index in [9.17, 15) is 9.50 Å². The van der Waals surface area contributed by atoms with E-state index in [1.165, 1.54) is 45.6 Å². The van der Waals surface area contributed by atoms with E-state index in [0.29, 0.717) is 23.1 Å². The first-order valence-corrected chi connectivity index (χ1v) is 12.6. The number of piperidine rings is 1. The average Bonchev–Trinajstić information content (AvgIpc) is 2.87. The smallest absolute Gasteiger partial charge is 0.148 e. The highest BCUT2D eigenvalue weighted by molar-refractivity contribution is 5.84. The van der Waals surface area contributed by atoms with Gasteiger partial charge in [-0.25, -0.2) is 8.78 Å². The topological polar surface area (TPSA) is 45.6 Å². The maximum atomic E-state index is 15.4. The van der Waals surface area contributed by atoms with E-state index in [0.717, 1.165) is 44.6 Å². The SMILES string of the molecule is COc1ccc2ncc(F)c([C@@H](F)CCC3(CO)CCN(CCC4CCCCC4)CC3)c2c1. The molecular weight excluding hydrogens is 422 g/mol. The third kappa shape index (κ3) is 5.83. The van der Waals surface area contributed by atoms with Crippen LogP contribution in [-0.4, -0.2) is 48.3 Å². The Kier molecular flexibility index (Phi) is 8.18. The van der Waals surface area contributed by atoms with Gasteiger partial charge in [0.1, 0.15) is 17.7 Å². The van der Waals surface area contributed by atoms with Crippen molar-refractivity contribution in [1.82, 2.24) is 9.88 Å². The van der Waals surface area contributed by atoms with E-state index >= 15 is 4.39 Å². The average molecular weight is 461 g/mol. The van der Waals surface area contributed by atoms with Gasteiger partial charge in [0.2, 0.25) is 0 Å². The monoisotopic (exact) mass is 460 g/mol. The number of rotatable bonds is 9. The molecule has 4 nitrogen and oxygen atoms in total. The molecule has 2 fully saturated rings. The number of aliphatic hydroxyl groups is 1. The molecule has 1 atom stereocenters. The van der Waals surface area contributed by atoms with Crippen molar-refractivity contribution in [3.63, 3.8) is 0 Å². The van der Waals surface area contributed by atoms with Crippen LogP contribution in [0.2, 0.25) is 0 Å². The number of ether oxygens (including phenoxy) is 1. The van der Waals surface area contributed by atoms with Crippen molar-refractivity contribution < 1.29 is 18.6 Å². The number of benzene rings is 1. The van der Waals surface area contributed by atoms with Gasteiger partial charge >= 0.3 is 0 Å². The van der Waals surface area contributed by atoms with Crippen molar-refractivity contribution in [3.8, 4) is 5.75 Å². The predicted molar refractivity (Wildman–Crippen MR) is 128 cm³/mol. The Balaban J connectivity index is 1.35. The summed E-state index contributed by atoms with van der Waals surface area (Å²) in [5.74, 6) is 0.800. The van der Waals surface area contributed by atoms with Gasteiger partial charge < -0.3 is 14.7 Å². The van der Waals surface area contributed by atoms with Gasteiger partial charge in [-0.3, -0.25) is 4.98 Å². The maximum absolute atomic E-state index is 15.4. The molecule has 2 heterocycles. The van der Waals surface area contributed by atoms with Crippen molar-refractivity contribution in [2.24, 2.45) is 11.3 Å². The summed E-state index contributed by atoms with van der Waals surface area (Å²) >= 11 is 0. The number of aromatic nitrogens is 1. The zero-order chi connectivity index (χ0) is 23.3. The number of halogens is 2. The Morgan fingerprint density at radius 3 is 2.67 bits per heavy atom. The van der Waals surface area contributed by atoms with E-state index < -0.39 is 12.0 Å². The van der Waals surface area contributed by atoms with Gasteiger partial charge in [0.15, 0.2) is 0 Å². The zero-order valence-corrected chi connectivity index (χ0v) is 19.9. The fourth-order valence-electron chi connectivity index (χ4n) is 5.77. The Labute approximate surface area is 196 Å². The Morgan fingerprint density at radius 1 is 1.21 bits per heavy atom. The number of hydrogen-bond acceptors (Lipinski definition) is 4. The molecule has 1 aliphatic heterocycles. The number of pyridine rings is 1. The largest absolute Gasteiger partial charge is 0.497 e. The van der Waals surface area contributed by atoms with Crippen LogP contribution in [0.5, 0.6) is 5.75 Å². The van der Waals surface area contributed by atoms with Crippen LogP contribution in [0.3, 0.4) is 0 Å². The van der Waals surface area contributed by atoms with Gasteiger partial charge in [0, 0.05) is 17.6 Å². The first-order valence-electron chi connectivity index (χ1n) is 12.6. The summed E-state index contributed by atoms with van der Waals surface area (Å²) in [6.07, 6.45) is 10.3. The zero-order valence-electron chi connectivity index (χ0n) is 19.9. The maximum Gasteiger partial charge on any atom is 0.148 e. The molecule has 1 aliphatic carbocycles. The molecule has 0 radical (unpaired) electrons. The van der Waals surface area contributed by atoms with E-state index in [1.54, 1.807) is 18.2 Å². The number of aliphatic hydroxyl groups excluding tert-OH is 1. The van der Waals surface area contributed by atoms with Gasteiger partial charge in [0.05, 0.1) is 18.8 Å². The second kappa shape index (κ2) is 11.1. The van der Waals surface area contributed by atoms with Crippen LogP contribution in [0, 0.1) is 17.2 Å². The molecule has 1 N–H and O–H groups in total. The summed E-state index contributed by atoms with van der Waals surface area (Å²) in [4.78, 5) is 6.61. The minimum absolute atomic E-state index is 0.0527. The molecule has 1 saturated carbocycles. The van der Waals surface area contributed by atoms with Gasteiger partial charge in [-0.05, 0) is 81.3 Å².